The van der Waals surface area contributed by atoms with Crippen LogP contribution >= 0.6 is 0 Å². The van der Waals surface area contributed by atoms with Gasteiger partial charge in [-0.15, -0.1) is 10.2 Å². The zero-order chi connectivity index (χ0) is 11.5. The van der Waals surface area contributed by atoms with E-state index in [1.165, 1.54) is 0 Å². The van der Waals surface area contributed by atoms with E-state index in [2.05, 4.69) is 22.1 Å². The van der Waals surface area contributed by atoms with Crippen LogP contribution in [0.3, 0.4) is 0 Å². The van der Waals surface area contributed by atoms with Crippen molar-refractivity contribution in [3.05, 3.63) is 23.9 Å². The van der Waals surface area contributed by atoms with Gasteiger partial charge in [0.1, 0.15) is 5.82 Å². The molecule has 0 bridgehead atoms. The van der Waals surface area contributed by atoms with E-state index in [1.807, 2.05) is 17.5 Å². The lowest BCUT2D eigenvalue weighted by atomic mass is 10.1. The summed E-state index contributed by atoms with van der Waals surface area (Å²) in [6.45, 7) is 4.06. The predicted octanol–water partition coefficient (Wildman–Crippen LogP) is 1.10. The molecule has 86 valence electrons. The summed E-state index contributed by atoms with van der Waals surface area (Å²) < 4.78 is 1.95. The highest BCUT2D eigenvalue weighted by atomic mass is 15.2. The molecule has 0 aliphatic carbocycles. The van der Waals surface area contributed by atoms with Gasteiger partial charge >= 0.3 is 0 Å². The molecule has 0 spiro atoms. The minimum Gasteiger partial charge on any atom is -0.327 e. The standard InChI is InChI=1S/C11H17N5/c1-3-4-9(12)7-10-11-15-14-8(2)16(11)6-5-13-10/h5-6,9H,3-4,7,12H2,1-2H3. The molecule has 0 fully saturated rings. The largest absolute Gasteiger partial charge is 0.327 e. The topological polar surface area (TPSA) is 69.1 Å². The molecule has 0 aliphatic heterocycles. The lowest BCUT2D eigenvalue weighted by molar-refractivity contribution is 0.593. The van der Waals surface area contributed by atoms with Gasteiger partial charge in [-0.25, -0.2) is 0 Å². The van der Waals surface area contributed by atoms with Crippen molar-refractivity contribution < 1.29 is 0 Å². The van der Waals surface area contributed by atoms with E-state index in [0.29, 0.717) is 0 Å². The molecular formula is C11H17N5. The lowest BCUT2D eigenvalue weighted by Gasteiger charge is -2.09. The van der Waals surface area contributed by atoms with Crippen molar-refractivity contribution in [1.82, 2.24) is 19.6 Å². The maximum Gasteiger partial charge on any atom is 0.182 e. The molecule has 0 saturated heterocycles. The number of aryl methyl sites for hydroxylation is 1. The summed E-state index contributed by atoms with van der Waals surface area (Å²) in [6, 6.07) is 0.153. The third kappa shape index (κ3) is 2.04. The van der Waals surface area contributed by atoms with E-state index in [4.69, 9.17) is 5.73 Å². The average molecular weight is 219 g/mol. The van der Waals surface area contributed by atoms with Crippen molar-refractivity contribution in [2.75, 3.05) is 0 Å². The van der Waals surface area contributed by atoms with Gasteiger partial charge in [0, 0.05) is 24.9 Å². The van der Waals surface area contributed by atoms with Gasteiger partial charge in [-0.05, 0) is 13.3 Å². The first-order valence-electron chi connectivity index (χ1n) is 5.63. The maximum atomic E-state index is 6.02. The Bertz CT molecular complexity index is 476. The second-order valence-corrected chi connectivity index (χ2v) is 4.07. The summed E-state index contributed by atoms with van der Waals surface area (Å²) in [6.07, 6.45) is 6.51. The highest BCUT2D eigenvalue weighted by Crippen LogP contribution is 2.10. The highest BCUT2D eigenvalue weighted by molar-refractivity contribution is 5.43. The Morgan fingerprint density at radius 2 is 2.25 bits per heavy atom. The van der Waals surface area contributed by atoms with Gasteiger partial charge in [-0.2, -0.15) is 0 Å². The van der Waals surface area contributed by atoms with Crippen LogP contribution in [0.1, 0.15) is 31.3 Å². The van der Waals surface area contributed by atoms with Gasteiger partial charge < -0.3 is 5.73 Å². The number of hydrogen-bond donors (Lipinski definition) is 1. The molecule has 2 aromatic heterocycles. The van der Waals surface area contributed by atoms with Crippen molar-refractivity contribution in [3.8, 4) is 0 Å². The highest BCUT2D eigenvalue weighted by Gasteiger charge is 2.10. The lowest BCUT2D eigenvalue weighted by Crippen LogP contribution is -2.23. The normalized spacial score (nSPS) is 13.2. The Balaban J connectivity index is 2.30. The smallest absolute Gasteiger partial charge is 0.182 e. The summed E-state index contributed by atoms with van der Waals surface area (Å²) in [7, 11) is 0. The van der Waals surface area contributed by atoms with Crippen LogP contribution in [0.2, 0.25) is 0 Å². The zero-order valence-corrected chi connectivity index (χ0v) is 9.72. The van der Waals surface area contributed by atoms with Gasteiger partial charge in [-0.3, -0.25) is 9.38 Å². The summed E-state index contributed by atoms with van der Waals surface area (Å²) >= 11 is 0. The summed E-state index contributed by atoms with van der Waals surface area (Å²) in [4.78, 5) is 4.34. The number of fused-ring (bicyclic) bond motifs is 1. The van der Waals surface area contributed by atoms with E-state index >= 15 is 0 Å². The van der Waals surface area contributed by atoms with Gasteiger partial charge in [0.25, 0.3) is 0 Å². The molecule has 2 aromatic rings. The molecule has 0 amide bonds. The Morgan fingerprint density at radius 1 is 1.44 bits per heavy atom. The number of hydrogen-bond acceptors (Lipinski definition) is 4. The first-order valence-corrected chi connectivity index (χ1v) is 5.63. The third-order valence-electron chi connectivity index (χ3n) is 2.69. The van der Waals surface area contributed by atoms with E-state index in [9.17, 15) is 0 Å². The quantitative estimate of drug-likeness (QED) is 0.836. The monoisotopic (exact) mass is 219 g/mol. The van der Waals surface area contributed by atoms with Gasteiger partial charge in [0.15, 0.2) is 5.65 Å². The first-order chi connectivity index (χ1) is 7.72. The van der Waals surface area contributed by atoms with Gasteiger partial charge in [0.05, 0.1) is 5.69 Å². The second kappa shape index (κ2) is 4.57. The molecule has 1 unspecified atom stereocenters. The van der Waals surface area contributed by atoms with Crippen LogP contribution in [0.4, 0.5) is 0 Å². The van der Waals surface area contributed by atoms with Crippen LogP contribution in [-0.2, 0) is 6.42 Å². The van der Waals surface area contributed by atoms with Crippen molar-refractivity contribution >= 4 is 5.65 Å². The fourth-order valence-electron chi connectivity index (χ4n) is 1.86. The van der Waals surface area contributed by atoms with Crippen LogP contribution in [0.5, 0.6) is 0 Å². The Labute approximate surface area is 94.7 Å². The minimum atomic E-state index is 0.153. The van der Waals surface area contributed by atoms with Crippen LogP contribution in [0, 0.1) is 6.92 Å². The zero-order valence-electron chi connectivity index (χ0n) is 9.72. The molecule has 5 nitrogen and oxygen atoms in total. The predicted molar refractivity (Wildman–Crippen MR) is 62.1 cm³/mol. The number of rotatable bonds is 4. The Kier molecular flexibility index (Phi) is 3.14. The van der Waals surface area contributed by atoms with Crippen molar-refractivity contribution in [1.29, 1.82) is 0 Å². The molecular weight excluding hydrogens is 202 g/mol. The molecule has 0 aromatic carbocycles. The van der Waals surface area contributed by atoms with E-state index < -0.39 is 0 Å². The second-order valence-electron chi connectivity index (χ2n) is 4.07. The summed E-state index contributed by atoms with van der Waals surface area (Å²) in [5.41, 5.74) is 7.78. The molecule has 0 radical (unpaired) electrons. The minimum absolute atomic E-state index is 0.153. The molecule has 0 saturated carbocycles. The van der Waals surface area contributed by atoms with Crippen LogP contribution in [0.25, 0.3) is 5.65 Å². The van der Waals surface area contributed by atoms with Crippen LogP contribution in [-0.4, -0.2) is 25.6 Å². The summed E-state index contributed by atoms with van der Waals surface area (Å²) in [5, 5.41) is 8.17. The molecule has 16 heavy (non-hydrogen) atoms. The van der Waals surface area contributed by atoms with Gasteiger partial charge in [0.2, 0.25) is 0 Å². The molecule has 2 heterocycles. The van der Waals surface area contributed by atoms with Crippen LogP contribution < -0.4 is 5.73 Å². The maximum absolute atomic E-state index is 6.02. The summed E-state index contributed by atoms with van der Waals surface area (Å²) in [5.74, 6) is 0.878. The van der Waals surface area contributed by atoms with E-state index in [0.717, 1.165) is 36.4 Å². The number of nitrogens with two attached hydrogens (primary N) is 1. The molecule has 1 atom stereocenters. The Morgan fingerprint density at radius 3 is 3.00 bits per heavy atom. The third-order valence-corrected chi connectivity index (χ3v) is 2.69. The Hall–Kier alpha value is -1.49. The van der Waals surface area contributed by atoms with Crippen LogP contribution in [0.15, 0.2) is 12.4 Å². The molecule has 2 rings (SSSR count). The van der Waals surface area contributed by atoms with E-state index in [1.54, 1.807) is 6.20 Å². The number of aromatic nitrogens is 4. The van der Waals surface area contributed by atoms with Crippen molar-refractivity contribution in [2.45, 2.75) is 39.2 Å². The van der Waals surface area contributed by atoms with Crippen molar-refractivity contribution in [3.63, 3.8) is 0 Å². The molecule has 5 heteroatoms. The first kappa shape index (κ1) is 11.0. The van der Waals surface area contributed by atoms with Gasteiger partial charge in [-0.1, -0.05) is 13.3 Å². The SMILES string of the molecule is CCCC(N)Cc1nccn2c(C)nnc12. The molecule has 0 aliphatic rings. The molecule has 2 N–H and O–H groups in total. The number of nitrogens with zero attached hydrogens (tertiary/aromatic N) is 4. The average Bonchev–Trinajstić information content (AvgIpc) is 2.62. The fraction of sp³-hybridized carbons (Fsp3) is 0.545. The van der Waals surface area contributed by atoms with E-state index in [-0.39, 0.29) is 6.04 Å². The van der Waals surface area contributed by atoms with Crippen molar-refractivity contribution in [2.24, 2.45) is 5.73 Å². The fourth-order valence-corrected chi connectivity index (χ4v) is 1.86.